The van der Waals surface area contributed by atoms with Crippen molar-refractivity contribution in [1.82, 2.24) is 24.9 Å². The molecule has 4 rings (SSSR count). The summed E-state index contributed by atoms with van der Waals surface area (Å²) in [4.78, 5) is 38.4. The second-order valence-electron chi connectivity index (χ2n) is 8.85. The summed E-state index contributed by atoms with van der Waals surface area (Å²) in [6.45, 7) is 9.80. The van der Waals surface area contributed by atoms with Gasteiger partial charge in [-0.1, -0.05) is 49.6 Å². The zero-order chi connectivity index (χ0) is 22.0. The minimum Gasteiger partial charge on any atom is -0.340 e. The number of fused-ring (bicyclic) bond motifs is 1. The van der Waals surface area contributed by atoms with Gasteiger partial charge in [0.05, 0.1) is 0 Å². The van der Waals surface area contributed by atoms with Crippen LogP contribution in [0.4, 0.5) is 4.79 Å². The molecule has 2 unspecified atom stereocenters. The fraction of sp³-hybridized carbons (Fsp3) is 0.609. The van der Waals surface area contributed by atoms with Crippen molar-refractivity contribution in [2.75, 3.05) is 39.8 Å². The minimum atomic E-state index is -0.499. The smallest absolute Gasteiger partial charge is 0.325 e. The maximum atomic E-state index is 12.8. The highest BCUT2D eigenvalue weighted by molar-refractivity contribution is 6.03. The van der Waals surface area contributed by atoms with Gasteiger partial charge in [0.25, 0.3) is 5.91 Å². The normalized spacial score (nSPS) is 24.4. The number of aliphatic imine (C=N–C) groups is 1. The van der Waals surface area contributed by atoms with Crippen molar-refractivity contribution in [1.29, 1.82) is 0 Å². The van der Waals surface area contributed by atoms with Crippen molar-refractivity contribution in [3.8, 4) is 0 Å². The first kappa shape index (κ1) is 21.6. The maximum Gasteiger partial charge on any atom is 0.325 e. The number of urea groups is 1. The SMILES string of the molecule is CCCCCN1CCN(C2=NC3C(C(=O)NC(=O)N3C)N2Cc2cccc(C)c2)CC1. The lowest BCUT2D eigenvalue weighted by atomic mass is 10.1. The third-order valence-corrected chi connectivity index (χ3v) is 6.51. The Hall–Kier alpha value is -2.61. The number of carbonyl (C=O) groups excluding carboxylic acids is 2. The number of benzene rings is 1. The molecule has 2 fully saturated rings. The van der Waals surface area contributed by atoms with Crippen LogP contribution in [-0.2, 0) is 11.3 Å². The number of hydrogen-bond acceptors (Lipinski definition) is 6. The monoisotopic (exact) mass is 426 g/mol. The number of rotatable bonds is 6. The van der Waals surface area contributed by atoms with Crippen molar-refractivity contribution >= 4 is 17.9 Å². The Bertz CT molecular complexity index is 848. The van der Waals surface area contributed by atoms with Crippen LogP contribution in [0.2, 0.25) is 0 Å². The van der Waals surface area contributed by atoms with Crippen molar-refractivity contribution < 1.29 is 9.59 Å². The quantitative estimate of drug-likeness (QED) is 0.703. The van der Waals surface area contributed by atoms with E-state index in [1.54, 1.807) is 11.9 Å². The van der Waals surface area contributed by atoms with Crippen LogP contribution in [0.25, 0.3) is 0 Å². The van der Waals surface area contributed by atoms with E-state index in [2.05, 4.69) is 52.1 Å². The highest BCUT2D eigenvalue weighted by Gasteiger charge is 2.49. The van der Waals surface area contributed by atoms with E-state index in [9.17, 15) is 9.59 Å². The molecule has 31 heavy (non-hydrogen) atoms. The number of nitrogens with zero attached hydrogens (tertiary/aromatic N) is 5. The summed E-state index contributed by atoms with van der Waals surface area (Å²) in [5.74, 6) is 0.569. The van der Waals surface area contributed by atoms with Gasteiger partial charge >= 0.3 is 6.03 Å². The Labute approximate surface area is 184 Å². The summed E-state index contributed by atoms with van der Waals surface area (Å²) in [6, 6.07) is 7.46. The highest BCUT2D eigenvalue weighted by Crippen LogP contribution is 2.28. The second kappa shape index (κ2) is 9.26. The fourth-order valence-corrected chi connectivity index (χ4v) is 4.71. The van der Waals surface area contributed by atoms with Gasteiger partial charge in [-0.15, -0.1) is 0 Å². The van der Waals surface area contributed by atoms with Crippen molar-refractivity contribution in [3.05, 3.63) is 35.4 Å². The van der Waals surface area contributed by atoms with Gasteiger partial charge < -0.3 is 14.7 Å². The van der Waals surface area contributed by atoms with Gasteiger partial charge in [0.1, 0.15) is 0 Å². The van der Waals surface area contributed by atoms with E-state index >= 15 is 0 Å². The van der Waals surface area contributed by atoms with E-state index in [1.807, 2.05) is 6.07 Å². The Morgan fingerprint density at radius 3 is 2.61 bits per heavy atom. The van der Waals surface area contributed by atoms with Gasteiger partial charge in [0.2, 0.25) is 0 Å². The molecule has 0 radical (unpaired) electrons. The van der Waals surface area contributed by atoms with Crippen molar-refractivity contribution in [3.63, 3.8) is 0 Å². The first-order valence-corrected chi connectivity index (χ1v) is 11.4. The zero-order valence-electron chi connectivity index (χ0n) is 18.9. The van der Waals surface area contributed by atoms with Crippen molar-refractivity contribution in [2.24, 2.45) is 4.99 Å². The van der Waals surface area contributed by atoms with Crippen LogP contribution >= 0.6 is 0 Å². The molecular formula is C23H34N6O2. The molecule has 0 spiro atoms. The van der Waals surface area contributed by atoms with E-state index in [4.69, 9.17) is 4.99 Å². The van der Waals surface area contributed by atoms with E-state index in [-0.39, 0.29) is 11.9 Å². The summed E-state index contributed by atoms with van der Waals surface area (Å²) in [5, 5.41) is 2.49. The molecule has 0 saturated carbocycles. The van der Waals surface area contributed by atoms with Crippen LogP contribution in [0.5, 0.6) is 0 Å². The number of hydrogen-bond donors (Lipinski definition) is 1. The maximum absolute atomic E-state index is 12.8. The standard InChI is InChI=1S/C23H34N6O2/c1-4-5-6-10-27-11-13-28(14-12-27)22-24-20-19(21(30)25-23(31)26(20)3)29(22)16-18-9-7-8-17(2)15-18/h7-9,15,19-20H,4-6,10-14,16H2,1-3H3,(H,25,30,31). The van der Waals surface area contributed by atoms with E-state index < -0.39 is 12.2 Å². The predicted octanol–water partition coefficient (Wildman–Crippen LogP) is 1.85. The number of guanidine groups is 1. The molecule has 0 bridgehead atoms. The Morgan fingerprint density at radius 1 is 1.13 bits per heavy atom. The molecule has 168 valence electrons. The number of unbranched alkanes of at least 4 members (excludes halogenated alkanes) is 2. The summed E-state index contributed by atoms with van der Waals surface area (Å²) in [6.07, 6.45) is 3.27. The summed E-state index contributed by atoms with van der Waals surface area (Å²) < 4.78 is 0. The van der Waals surface area contributed by atoms with Gasteiger partial charge in [0.15, 0.2) is 18.2 Å². The number of nitrogens with one attached hydrogen (secondary N) is 1. The Kier molecular flexibility index (Phi) is 6.46. The average molecular weight is 427 g/mol. The van der Waals surface area contributed by atoms with Gasteiger partial charge in [-0.3, -0.25) is 15.0 Å². The van der Waals surface area contributed by atoms with Gasteiger partial charge in [-0.05, 0) is 25.5 Å². The molecule has 1 aromatic rings. The third-order valence-electron chi connectivity index (χ3n) is 6.51. The van der Waals surface area contributed by atoms with Crippen LogP contribution in [0.3, 0.4) is 0 Å². The molecular weight excluding hydrogens is 392 g/mol. The summed E-state index contributed by atoms with van der Waals surface area (Å²) in [7, 11) is 1.71. The number of aryl methyl sites for hydroxylation is 1. The molecule has 8 heteroatoms. The molecule has 1 N–H and O–H groups in total. The fourth-order valence-electron chi connectivity index (χ4n) is 4.71. The Morgan fingerprint density at radius 2 is 1.90 bits per heavy atom. The minimum absolute atomic E-state index is 0.266. The predicted molar refractivity (Wildman–Crippen MR) is 121 cm³/mol. The molecule has 0 aromatic heterocycles. The third kappa shape index (κ3) is 4.54. The summed E-state index contributed by atoms with van der Waals surface area (Å²) in [5.41, 5.74) is 2.33. The van der Waals surface area contributed by atoms with Crippen LogP contribution in [0.1, 0.15) is 37.3 Å². The van der Waals surface area contributed by atoms with Crippen LogP contribution in [-0.4, -0.2) is 89.5 Å². The van der Waals surface area contributed by atoms with Gasteiger partial charge in [0, 0.05) is 39.8 Å². The molecule has 3 amide bonds. The topological polar surface area (TPSA) is 71.5 Å². The lowest BCUT2D eigenvalue weighted by Gasteiger charge is -2.40. The lowest BCUT2D eigenvalue weighted by molar-refractivity contribution is -0.127. The first-order valence-electron chi connectivity index (χ1n) is 11.4. The number of likely N-dealkylation sites (N-methyl/N-ethyl adjacent to an activating group) is 1. The molecule has 3 aliphatic heterocycles. The van der Waals surface area contributed by atoms with E-state index in [1.165, 1.54) is 24.8 Å². The van der Waals surface area contributed by atoms with Gasteiger partial charge in [-0.25, -0.2) is 9.79 Å². The molecule has 0 aliphatic carbocycles. The highest BCUT2D eigenvalue weighted by atomic mass is 16.2. The number of carbonyl (C=O) groups is 2. The summed E-state index contributed by atoms with van der Waals surface area (Å²) >= 11 is 0. The average Bonchev–Trinajstić information content (AvgIpc) is 3.13. The molecule has 1 aromatic carbocycles. The van der Waals surface area contributed by atoms with Crippen molar-refractivity contribution in [2.45, 2.75) is 51.9 Å². The Balaban J connectivity index is 1.53. The first-order chi connectivity index (χ1) is 15.0. The lowest BCUT2D eigenvalue weighted by Crippen LogP contribution is -2.64. The van der Waals surface area contributed by atoms with E-state index in [0.717, 1.165) is 44.2 Å². The van der Waals surface area contributed by atoms with Crippen LogP contribution < -0.4 is 5.32 Å². The second-order valence-corrected chi connectivity index (χ2v) is 8.85. The zero-order valence-corrected chi connectivity index (χ0v) is 18.9. The number of imide groups is 1. The number of amides is 3. The van der Waals surface area contributed by atoms with Crippen LogP contribution in [0, 0.1) is 6.92 Å². The number of piperazine rings is 1. The van der Waals surface area contributed by atoms with E-state index in [0.29, 0.717) is 6.54 Å². The molecule has 2 saturated heterocycles. The largest absolute Gasteiger partial charge is 0.340 e. The molecule has 3 aliphatic rings. The van der Waals surface area contributed by atoms with Crippen LogP contribution in [0.15, 0.2) is 29.3 Å². The molecule has 8 nitrogen and oxygen atoms in total. The molecule has 2 atom stereocenters. The van der Waals surface area contributed by atoms with Gasteiger partial charge in [-0.2, -0.15) is 0 Å². The molecule has 3 heterocycles.